The van der Waals surface area contributed by atoms with E-state index in [1.807, 2.05) is 30.3 Å². The van der Waals surface area contributed by atoms with Gasteiger partial charge in [0.25, 0.3) is 0 Å². The Morgan fingerprint density at radius 1 is 1.22 bits per heavy atom. The monoisotopic (exact) mass is 319 g/mol. The first-order valence-electron chi connectivity index (χ1n) is 7.67. The van der Waals surface area contributed by atoms with E-state index in [0.717, 1.165) is 12.0 Å². The third-order valence-corrected chi connectivity index (χ3v) is 3.48. The number of hydrogen-bond acceptors (Lipinski definition) is 4. The van der Waals surface area contributed by atoms with Gasteiger partial charge in [-0.3, -0.25) is 9.59 Å². The smallest absolute Gasteiger partial charge is 0.407 e. The van der Waals surface area contributed by atoms with Crippen LogP contribution in [0.1, 0.15) is 24.8 Å². The Bertz CT molecular complexity index is 548. The van der Waals surface area contributed by atoms with E-state index < -0.39 is 12.1 Å². The Balaban J connectivity index is 1.54. The zero-order chi connectivity index (χ0) is 16.5. The predicted octanol–water partition coefficient (Wildman–Crippen LogP) is 0.698. The molecule has 1 aromatic carbocycles. The molecule has 7 heteroatoms. The van der Waals surface area contributed by atoms with Crippen molar-refractivity contribution >= 4 is 17.9 Å². The summed E-state index contributed by atoms with van der Waals surface area (Å²) in [7, 11) is 0. The third kappa shape index (κ3) is 5.98. The number of amides is 3. The molecule has 1 atom stereocenters. The maximum atomic E-state index is 11.5. The maximum absolute atomic E-state index is 11.5. The number of piperazine rings is 1. The highest BCUT2D eigenvalue weighted by Gasteiger charge is 2.24. The molecule has 1 unspecified atom stereocenters. The highest BCUT2D eigenvalue weighted by molar-refractivity contribution is 5.94. The van der Waals surface area contributed by atoms with Gasteiger partial charge in [0.1, 0.15) is 12.6 Å². The van der Waals surface area contributed by atoms with Gasteiger partial charge in [-0.15, -0.1) is 0 Å². The summed E-state index contributed by atoms with van der Waals surface area (Å²) in [6.07, 6.45) is 1.52. The van der Waals surface area contributed by atoms with Gasteiger partial charge in [0.2, 0.25) is 11.8 Å². The molecule has 1 heterocycles. The number of hydrogen-bond donors (Lipinski definition) is 3. The number of carbonyl (C=O) groups is 3. The number of ether oxygens (including phenoxy) is 1. The summed E-state index contributed by atoms with van der Waals surface area (Å²) >= 11 is 0. The van der Waals surface area contributed by atoms with Crippen LogP contribution in [0, 0.1) is 0 Å². The van der Waals surface area contributed by atoms with Gasteiger partial charge in [-0.25, -0.2) is 4.79 Å². The molecule has 0 spiro atoms. The van der Waals surface area contributed by atoms with Crippen molar-refractivity contribution < 1.29 is 19.1 Å². The fraction of sp³-hybridized carbons (Fsp3) is 0.438. The van der Waals surface area contributed by atoms with E-state index in [-0.39, 0.29) is 25.0 Å². The van der Waals surface area contributed by atoms with Crippen molar-refractivity contribution in [2.45, 2.75) is 31.9 Å². The standard InChI is InChI=1S/C16H21N3O4/c20-14-10-18-15(21)13(19-14)8-4-5-9-17-16(22)23-11-12-6-2-1-3-7-12/h1-3,6-7,13H,4-5,8-11H2,(H,17,22)(H,18,21)(H,19,20). The van der Waals surface area contributed by atoms with Crippen LogP contribution < -0.4 is 16.0 Å². The number of unbranched alkanes of at least 4 members (excludes halogenated alkanes) is 1. The van der Waals surface area contributed by atoms with Crippen molar-refractivity contribution in [2.24, 2.45) is 0 Å². The maximum Gasteiger partial charge on any atom is 0.407 e. The quantitative estimate of drug-likeness (QED) is 0.645. The summed E-state index contributed by atoms with van der Waals surface area (Å²) in [4.78, 5) is 34.2. The lowest BCUT2D eigenvalue weighted by molar-refractivity contribution is -0.133. The molecule has 124 valence electrons. The Labute approximate surface area is 134 Å². The normalized spacial score (nSPS) is 17.1. The number of nitrogens with one attached hydrogen (secondary N) is 3. The summed E-state index contributed by atoms with van der Waals surface area (Å²) in [5, 5.41) is 7.84. The van der Waals surface area contributed by atoms with E-state index in [9.17, 15) is 14.4 Å². The largest absolute Gasteiger partial charge is 0.445 e. The number of rotatable bonds is 7. The zero-order valence-corrected chi connectivity index (χ0v) is 12.8. The summed E-state index contributed by atoms with van der Waals surface area (Å²) in [5.41, 5.74) is 0.932. The van der Waals surface area contributed by atoms with Crippen molar-refractivity contribution in [2.75, 3.05) is 13.1 Å². The lowest BCUT2D eigenvalue weighted by Gasteiger charge is -2.22. The molecule has 0 bridgehead atoms. The first-order chi connectivity index (χ1) is 11.1. The number of benzene rings is 1. The van der Waals surface area contributed by atoms with Gasteiger partial charge in [-0.2, -0.15) is 0 Å². The van der Waals surface area contributed by atoms with Crippen molar-refractivity contribution in [3.63, 3.8) is 0 Å². The first kappa shape index (κ1) is 16.8. The van der Waals surface area contributed by atoms with Gasteiger partial charge in [-0.05, 0) is 24.8 Å². The third-order valence-electron chi connectivity index (χ3n) is 3.48. The number of alkyl carbamates (subject to hydrolysis) is 1. The minimum Gasteiger partial charge on any atom is -0.445 e. The fourth-order valence-corrected chi connectivity index (χ4v) is 2.24. The van der Waals surface area contributed by atoms with Gasteiger partial charge >= 0.3 is 6.09 Å². The average molecular weight is 319 g/mol. The van der Waals surface area contributed by atoms with Gasteiger partial charge in [0, 0.05) is 6.54 Å². The van der Waals surface area contributed by atoms with Gasteiger partial charge in [0.05, 0.1) is 6.54 Å². The van der Waals surface area contributed by atoms with Crippen LogP contribution in [-0.2, 0) is 20.9 Å². The fourth-order valence-electron chi connectivity index (χ4n) is 2.24. The highest BCUT2D eigenvalue weighted by atomic mass is 16.5. The highest BCUT2D eigenvalue weighted by Crippen LogP contribution is 2.04. The summed E-state index contributed by atoms with van der Waals surface area (Å²) < 4.78 is 5.08. The van der Waals surface area contributed by atoms with Crippen LogP contribution in [0.2, 0.25) is 0 Å². The van der Waals surface area contributed by atoms with E-state index in [4.69, 9.17) is 4.74 Å². The molecule has 0 radical (unpaired) electrons. The lowest BCUT2D eigenvalue weighted by atomic mass is 10.1. The molecule has 2 rings (SSSR count). The van der Waals surface area contributed by atoms with Gasteiger partial charge in [-0.1, -0.05) is 30.3 Å². The second-order valence-corrected chi connectivity index (χ2v) is 5.32. The van der Waals surface area contributed by atoms with Gasteiger partial charge < -0.3 is 20.7 Å². The molecule has 0 aromatic heterocycles. The van der Waals surface area contributed by atoms with Crippen LogP contribution in [0.25, 0.3) is 0 Å². The molecule has 0 saturated carbocycles. The Morgan fingerprint density at radius 3 is 2.78 bits per heavy atom. The second-order valence-electron chi connectivity index (χ2n) is 5.32. The minimum absolute atomic E-state index is 0.0458. The zero-order valence-electron chi connectivity index (χ0n) is 12.8. The molecule has 1 aliphatic heterocycles. The Hall–Kier alpha value is -2.57. The molecule has 0 aliphatic carbocycles. The molecule has 23 heavy (non-hydrogen) atoms. The first-order valence-corrected chi connectivity index (χ1v) is 7.67. The van der Waals surface area contributed by atoms with Gasteiger partial charge in [0.15, 0.2) is 0 Å². The Morgan fingerprint density at radius 2 is 2.00 bits per heavy atom. The molecule has 1 fully saturated rings. The average Bonchev–Trinajstić information content (AvgIpc) is 2.56. The summed E-state index contributed by atoms with van der Waals surface area (Å²) in [6, 6.07) is 8.97. The molecule has 1 aromatic rings. The van der Waals surface area contributed by atoms with Crippen molar-refractivity contribution in [3.8, 4) is 0 Å². The van der Waals surface area contributed by atoms with Crippen LogP contribution in [0.15, 0.2) is 30.3 Å². The SMILES string of the molecule is O=C1CNC(=O)C(CCCCNC(=O)OCc2ccccc2)N1. The van der Waals surface area contributed by atoms with Crippen LogP contribution in [0.4, 0.5) is 4.79 Å². The summed E-state index contributed by atoms with van der Waals surface area (Å²) in [6.45, 7) is 0.751. The molecular weight excluding hydrogens is 298 g/mol. The molecule has 3 N–H and O–H groups in total. The minimum atomic E-state index is -0.471. The predicted molar refractivity (Wildman–Crippen MR) is 83.4 cm³/mol. The molecule has 1 aliphatic rings. The topological polar surface area (TPSA) is 96.5 Å². The van der Waals surface area contributed by atoms with E-state index in [1.165, 1.54) is 0 Å². The van der Waals surface area contributed by atoms with E-state index in [1.54, 1.807) is 0 Å². The van der Waals surface area contributed by atoms with Crippen molar-refractivity contribution in [1.82, 2.24) is 16.0 Å². The Kier molecular flexibility index (Phi) is 6.40. The van der Waals surface area contributed by atoms with E-state index in [2.05, 4.69) is 16.0 Å². The van der Waals surface area contributed by atoms with E-state index >= 15 is 0 Å². The second kappa shape index (κ2) is 8.77. The molecule has 7 nitrogen and oxygen atoms in total. The van der Waals surface area contributed by atoms with Crippen LogP contribution in [0.3, 0.4) is 0 Å². The number of carbonyl (C=O) groups excluding carboxylic acids is 3. The lowest BCUT2D eigenvalue weighted by Crippen LogP contribution is -2.56. The summed E-state index contributed by atoms with van der Waals surface area (Å²) in [5.74, 6) is -0.322. The van der Waals surface area contributed by atoms with Crippen LogP contribution in [0.5, 0.6) is 0 Å². The van der Waals surface area contributed by atoms with E-state index in [0.29, 0.717) is 19.4 Å². The molecular formula is C16H21N3O4. The van der Waals surface area contributed by atoms with Crippen LogP contribution >= 0.6 is 0 Å². The molecule has 3 amide bonds. The molecule has 1 saturated heterocycles. The van der Waals surface area contributed by atoms with Crippen molar-refractivity contribution in [1.29, 1.82) is 0 Å². The van der Waals surface area contributed by atoms with Crippen LogP contribution in [-0.4, -0.2) is 37.0 Å². The van der Waals surface area contributed by atoms with Crippen molar-refractivity contribution in [3.05, 3.63) is 35.9 Å².